The summed E-state index contributed by atoms with van der Waals surface area (Å²) in [5.74, 6) is 0.765. The second-order valence-electron chi connectivity index (χ2n) is 5.68. The zero-order chi connectivity index (χ0) is 16.8. The van der Waals surface area contributed by atoms with Crippen molar-refractivity contribution in [2.75, 3.05) is 44.7 Å². The Kier molecular flexibility index (Phi) is 5.38. The number of halogens is 1. The second-order valence-corrected chi connectivity index (χ2v) is 5.68. The number of piperazine rings is 1. The first-order valence-corrected chi connectivity index (χ1v) is 8.00. The maximum absolute atomic E-state index is 13.1. The van der Waals surface area contributed by atoms with Gasteiger partial charge in [-0.1, -0.05) is 23.4 Å². The second kappa shape index (κ2) is 7.88. The third-order valence-electron chi connectivity index (χ3n) is 4.10. The molecule has 0 radical (unpaired) electrons. The molecule has 0 atom stereocenters. The Morgan fingerprint density at radius 3 is 2.50 bits per heavy atom. The first kappa shape index (κ1) is 16.4. The van der Waals surface area contributed by atoms with Crippen molar-refractivity contribution in [2.24, 2.45) is 5.16 Å². The summed E-state index contributed by atoms with van der Waals surface area (Å²) in [7, 11) is 1.53. The monoisotopic (exact) mass is 328 g/mol. The van der Waals surface area contributed by atoms with Crippen molar-refractivity contribution in [1.29, 1.82) is 0 Å². The summed E-state index contributed by atoms with van der Waals surface area (Å²) in [5.41, 5.74) is 1.69. The van der Waals surface area contributed by atoms with E-state index in [4.69, 9.17) is 4.84 Å². The Morgan fingerprint density at radius 1 is 1.12 bits per heavy atom. The van der Waals surface area contributed by atoms with Crippen LogP contribution >= 0.6 is 0 Å². The molecule has 1 aromatic carbocycles. The van der Waals surface area contributed by atoms with Gasteiger partial charge in [0.1, 0.15) is 24.5 Å². The molecule has 0 unspecified atom stereocenters. The van der Waals surface area contributed by atoms with Crippen LogP contribution < -0.4 is 4.90 Å². The highest BCUT2D eigenvalue weighted by Gasteiger charge is 2.20. The average Bonchev–Trinajstić information content (AvgIpc) is 2.63. The highest BCUT2D eigenvalue weighted by Crippen LogP contribution is 2.13. The van der Waals surface area contributed by atoms with Gasteiger partial charge in [0.25, 0.3) is 0 Å². The fraction of sp³-hybridized carbons (Fsp3) is 0.333. The molecular weight excluding hydrogens is 307 g/mol. The summed E-state index contributed by atoms with van der Waals surface area (Å²) >= 11 is 0. The van der Waals surface area contributed by atoms with Crippen molar-refractivity contribution in [3.05, 3.63) is 60.0 Å². The highest BCUT2D eigenvalue weighted by atomic mass is 19.1. The van der Waals surface area contributed by atoms with Crippen molar-refractivity contribution in [3.8, 4) is 0 Å². The number of hydrogen-bond acceptors (Lipinski definition) is 5. The fourth-order valence-corrected chi connectivity index (χ4v) is 2.81. The third-order valence-corrected chi connectivity index (χ3v) is 4.10. The van der Waals surface area contributed by atoms with E-state index < -0.39 is 0 Å². The van der Waals surface area contributed by atoms with Gasteiger partial charge in [0, 0.05) is 44.5 Å². The average molecular weight is 328 g/mol. The Bertz CT molecular complexity index is 667. The molecule has 3 rings (SSSR count). The molecule has 0 saturated carbocycles. The van der Waals surface area contributed by atoms with Gasteiger partial charge in [0.05, 0.1) is 0 Å². The van der Waals surface area contributed by atoms with Crippen LogP contribution in [0.25, 0.3) is 0 Å². The van der Waals surface area contributed by atoms with Gasteiger partial charge < -0.3 is 9.74 Å². The van der Waals surface area contributed by atoms with Crippen LogP contribution in [0.5, 0.6) is 0 Å². The number of oxime groups is 1. The van der Waals surface area contributed by atoms with Gasteiger partial charge >= 0.3 is 0 Å². The van der Waals surface area contributed by atoms with Gasteiger partial charge in [-0.2, -0.15) is 0 Å². The van der Waals surface area contributed by atoms with Gasteiger partial charge in [-0.15, -0.1) is 0 Å². The van der Waals surface area contributed by atoms with Crippen molar-refractivity contribution >= 4 is 11.5 Å². The summed E-state index contributed by atoms with van der Waals surface area (Å²) in [6, 6.07) is 12.3. The quantitative estimate of drug-likeness (QED) is 0.624. The standard InChI is InChI=1S/C18H21FN4O/c1-24-21-17(15-5-7-16(19)8-6-15)14-22-10-12-23(13-11-22)18-4-2-3-9-20-18/h2-9H,10-14H2,1H3/b21-17-. The predicted octanol–water partition coefficient (Wildman–Crippen LogP) is 2.39. The van der Waals surface area contributed by atoms with Crippen molar-refractivity contribution in [1.82, 2.24) is 9.88 Å². The molecule has 2 heterocycles. The molecule has 5 nitrogen and oxygen atoms in total. The number of hydrogen-bond donors (Lipinski definition) is 0. The lowest BCUT2D eigenvalue weighted by Crippen LogP contribution is -2.48. The van der Waals surface area contributed by atoms with Crippen molar-refractivity contribution in [2.45, 2.75) is 0 Å². The van der Waals surface area contributed by atoms with E-state index in [1.807, 2.05) is 24.4 Å². The lowest BCUT2D eigenvalue weighted by molar-refractivity contribution is 0.209. The minimum atomic E-state index is -0.250. The van der Waals surface area contributed by atoms with Crippen LogP contribution in [0.2, 0.25) is 0 Å². The number of pyridine rings is 1. The SMILES string of the molecule is CO/N=C(/CN1CCN(c2ccccn2)CC1)c1ccc(F)cc1. The Morgan fingerprint density at radius 2 is 1.88 bits per heavy atom. The van der Waals surface area contributed by atoms with E-state index in [1.165, 1.54) is 19.2 Å². The van der Waals surface area contributed by atoms with E-state index in [9.17, 15) is 4.39 Å². The molecule has 1 aliphatic heterocycles. The summed E-state index contributed by atoms with van der Waals surface area (Å²) in [5, 5.41) is 4.12. The van der Waals surface area contributed by atoms with Gasteiger partial charge in [-0.25, -0.2) is 9.37 Å². The maximum Gasteiger partial charge on any atom is 0.128 e. The van der Waals surface area contributed by atoms with Gasteiger partial charge in [0.15, 0.2) is 0 Å². The maximum atomic E-state index is 13.1. The Hall–Kier alpha value is -2.47. The van der Waals surface area contributed by atoms with E-state index in [0.717, 1.165) is 43.3 Å². The van der Waals surface area contributed by atoms with E-state index in [-0.39, 0.29) is 5.82 Å². The van der Waals surface area contributed by atoms with Crippen LogP contribution in [0, 0.1) is 5.82 Å². The van der Waals surface area contributed by atoms with Crippen molar-refractivity contribution in [3.63, 3.8) is 0 Å². The van der Waals surface area contributed by atoms with Gasteiger partial charge in [-0.3, -0.25) is 4.90 Å². The number of benzene rings is 1. The van der Waals surface area contributed by atoms with Crippen LogP contribution in [0.3, 0.4) is 0 Å². The van der Waals surface area contributed by atoms with Crippen molar-refractivity contribution < 1.29 is 9.23 Å². The molecule has 1 aliphatic rings. The molecule has 1 saturated heterocycles. The Labute approximate surface area is 141 Å². The molecule has 1 fully saturated rings. The number of nitrogens with zero attached hydrogens (tertiary/aromatic N) is 4. The molecule has 0 spiro atoms. The summed E-state index contributed by atoms with van der Waals surface area (Å²) < 4.78 is 13.1. The number of aromatic nitrogens is 1. The van der Waals surface area contributed by atoms with Crippen LogP contribution in [0.15, 0.2) is 53.8 Å². The largest absolute Gasteiger partial charge is 0.399 e. The van der Waals surface area contributed by atoms with Gasteiger partial charge in [-0.05, 0) is 24.3 Å². The molecule has 126 valence electrons. The smallest absolute Gasteiger partial charge is 0.128 e. The molecule has 0 amide bonds. The number of anilines is 1. The fourth-order valence-electron chi connectivity index (χ4n) is 2.81. The lowest BCUT2D eigenvalue weighted by Gasteiger charge is -2.35. The summed E-state index contributed by atoms with van der Waals surface area (Å²) in [6.07, 6.45) is 1.82. The molecule has 0 N–H and O–H groups in total. The number of rotatable bonds is 5. The van der Waals surface area contributed by atoms with E-state index in [2.05, 4.69) is 19.9 Å². The van der Waals surface area contributed by atoms with Crippen LogP contribution in [0.1, 0.15) is 5.56 Å². The minimum absolute atomic E-state index is 0.250. The molecule has 0 bridgehead atoms. The first-order valence-electron chi connectivity index (χ1n) is 8.00. The molecule has 24 heavy (non-hydrogen) atoms. The minimum Gasteiger partial charge on any atom is -0.399 e. The molecule has 6 heteroatoms. The lowest BCUT2D eigenvalue weighted by atomic mass is 10.1. The summed E-state index contributed by atoms with van der Waals surface area (Å²) in [6.45, 7) is 4.35. The van der Waals surface area contributed by atoms with E-state index >= 15 is 0 Å². The molecule has 2 aromatic rings. The topological polar surface area (TPSA) is 41.0 Å². The zero-order valence-electron chi connectivity index (χ0n) is 13.7. The highest BCUT2D eigenvalue weighted by molar-refractivity contribution is 6.01. The third kappa shape index (κ3) is 4.08. The molecule has 0 aliphatic carbocycles. The zero-order valence-corrected chi connectivity index (χ0v) is 13.7. The summed E-state index contributed by atoms with van der Waals surface area (Å²) in [4.78, 5) is 14.0. The first-order chi connectivity index (χ1) is 11.8. The Balaban J connectivity index is 1.61. The van der Waals surface area contributed by atoms with E-state index in [0.29, 0.717) is 6.54 Å². The molecule has 1 aromatic heterocycles. The predicted molar refractivity (Wildman–Crippen MR) is 92.8 cm³/mol. The van der Waals surface area contributed by atoms with Gasteiger partial charge in [0.2, 0.25) is 0 Å². The van der Waals surface area contributed by atoms with Crippen LogP contribution in [0.4, 0.5) is 10.2 Å². The van der Waals surface area contributed by atoms with E-state index in [1.54, 1.807) is 12.1 Å². The van der Waals surface area contributed by atoms with Crippen LogP contribution in [-0.4, -0.2) is 55.4 Å². The molecular formula is C18H21FN4O. The van der Waals surface area contributed by atoms with Crippen LogP contribution in [-0.2, 0) is 4.84 Å². The normalized spacial score (nSPS) is 16.2.